The molecule has 2 saturated heterocycles. The van der Waals surface area contributed by atoms with Gasteiger partial charge in [0.05, 0.1) is 5.88 Å². The van der Waals surface area contributed by atoms with Gasteiger partial charge in [-0.2, -0.15) is 0 Å². The van der Waals surface area contributed by atoms with Gasteiger partial charge >= 0.3 is 12.0 Å². The molecule has 0 spiro atoms. The molecule has 0 unspecified atom stereocenters. The molecule has 19 heavy (non-hydrogen) atoms. The Bertz CT molecular complexity index is 334. The fourth-order valence-electron chi connectivity index (χ4n) is 2.45. The molecule has 0 aliphatic carbocycles. The predicted octanol–water partition coefficient (Wildman–Crippen LogP) is 0.641. The topological polar surface area (TPSA) is 72.9 Å². The molecule has 0 aromatic heterocycles. The van der Waals surface area contributed by atoms with Gasteiger partial charge in [-0.15, -0.1) is 11.8 Å². The van der Waals surface area contributed by atoms with Crippen LogP contribution in [0.1, 0.15) is 19.3 Å². The highest BCUT2D eigenvalue weighted by atomic mass is 32.2. The average molecular weight is 287 g/mol. The van der Waals surface area contributed by atoms with Crippen molar-refractivity contribution in [3.63, 3.8) is 0 Å². The average Bonchev–Trinajstić information content (AvgIpc) is 3.04. The van der Waals surface area contributed by atoms with E-state index < -0.39 is 12.0 Å². The van der Waals surface area contributed by atoms with E-state index in [1.165, 1.54) is 29.5 Å². The smallest absolute Gasteiger partial charge is 0.327 e. The lowest BCUT2D eigenvalue weighted by molar-refractivity contribution is -0.140. The van der Waals surface area contributed by atoms with Crippen LogP contribution in [0.2, 0.25) is 0 Å². The molecule has 0 aromatic rings. The maximum Gasteiger partial charge on any atom is 0.327 e. The number of rotatable bonds is 5. The Kier molecular flexibility index (Phi) is 5.33. The third-order valence-electron chi connectivity index (χ3n) is 3.55. The molecule has 2 aliphatic rings. The van der Waals surface area contributed by atoms with Crippen molar-refractivity contribution in [3.05, 3.63) is 0 Å². The van der Waals surface area contributed by atoms with Gasteiger partial charge in [-0.3, -0.25) is 0 Å². The van der Waals surface area contributed by atoms with E-state index in [1.807, 2.05) is 0 Å². The van der Waals surface area contributed by atoms with Crippen molar-refractivity contribution < 1.29 is 14.7 Å². The zero-order chi connectivity index (χ0) is 13.7. The van der Waals surface area contributed by atoms with Crippen molar-refractivity contribution in [1.82, 2.24) is 15.1 Å². The number of thioether (sulfide) groups is 1. The van der Waals surface area contributed by atoms with Crippen LogP contribution in [0.4, 0.5) is 4.79 Å². The van der Waals surface area contributed by atoms with Gasteiger partial charge in [0.2, 0.25) is 0 Å². The summed E-state index contributed by atoms with van der Waals surface area (Å²) in [4.78, 5) is 26.7. The number of hydrogen-bond acceptors (Lipinski definition) is 4. The van der Waals surface area contributed by atoms with Crippen LogP contribution in [0, 0.1) is 0 Å². The summed E-state index contributed by atoms with van der Waals surface area (Å²) in [6.45, 7) is 3.95. The van der Waals surface area contributed by atoms with E-state index in [4.69, 9.17) is 5.11 Å². The van der Waals surface area contributed by atoms with Crippen LogP contribution in [0.5, 0.6) is 0 Å². The highest BCUT2D eigenvalue weighted by Gasteiger charge is 2.34. The number of nitrogens with one attached hydrogen (secondary N) is 1. The SMILES string of the molecule is O=C(O)[C@@H]1CSCN1C(=O)NCCCN1CCCC1. The Morgan fingerprint density at radius 3 is 2.74 bits per heavy atom. The minimum Gasteiger partial charge on any atom is -0.480 e. The predicted molar refractivity (Wildman–Crippen MR) is 74.3 cm³/mol. The molecule has 6 nitrogen and oxygen atoms in total. The minimum absolute atomic E-state index is 0.251. The number of carbonyl (C=O) groups excluding carboxylic acids is 1. The molecule has 2 fully saturated rings. The second-order valence-corrected chi connectivity index (χ2v) is 5.96. The highest BCUT2D eigenvalue weighted by Crippen LogP contribution is 2.20. The minimum atomic E-state index is -0.919. The van der Waals surface area contributed by atoms with Crippen LogP contribution < -0.4 is 5.32 Å². The van der Waals surface area contributed by atoms with Crippen molar-refractivity contribution in [2.24, 2.45) is 0 Å². The summed E-state index contributed by atoms with van der Waals surface area (Å²) in [6.07, 6.45) is 3.47. The molecule has 7 heteroatoms. The molecule has 2 aliphatic heterocycles. The number of amides is 2. The van der Waals surface area contributed by atoms with Crippen molar-refractivity contribution in [3.8, 4) is 0 Å². The number of carbonyl (C=O) groups is 2. The molecule has 0 saturated carbocycles. The molecule has 0 aromatic carbocycles. The second kappa shape index (κ2) is 7.00. The van der Waals surface area contributed by atoms with Crippen molar-refractivity contribution in [2.75, 3.05) is 37.8 Å². The van der Waals surface area contributed by atoms with Crippen molar-refractivity contribution in [2.45, 2.75) is 25.3 Å². The zero-order valence-corrected chi connectivity index (χ0v) is 11.8. The van der Waals surface area contributed by atoms with E-state index in [0.717, 1.165) is 26.1 Å². The van der Waals surface area contributed by atoms with Gasteiger partial charge in [0.25, 0.3) is 0 Å². The first kappa shape index (κ1) is 14.5. The zero-order valence-electron chi connectivity index (χ0n) is 11.0. The van der Waals surface area contributed by atoms with Gasteiger partial charge in [0.15, 0.2) is 0 Å². The first-order valence-electron chi connectivity index (χ1n) is 6.76. The molecule has 1 atom stereocenters. The lowest BCUT2D eigenvalue weighted by atomic mass is 10.3. The summed E-state index contributed by atoms with van der Waals surface area (Å²) in [6, 6.07) is -0.928. The van der Waals surface area contributed by atoms with Crippen LogP contribution >= 0.6 is 11.8 Å². The second-order valence-electron chi connectivity index (χ2n) is 4.96. The third kappa shape index (κ3) is 4.01. The van der Waals surface area contributed by atoms with E-state index in [9.17, 15) is 9.59 Å². The molecule has 0 bridgehead atoms. The standard InChI is InChI=1S/C12H21N3O3S/c16-11(17)10-8-19-9-15(10)12(18)13-4-3-7-14-5-1-2-6-14/h10H,1-9H2,(H,13,18)(H,16,17)/t10-/m0/s1. The van der Waals surface area contributed by atoms with E-state index in [1.54, 1.807) is 0 Å². The molecular weight excluding hydrogens is 266 g/mol. The van der Waals surface area contributed by atoms with Crippen LogP contribution in [0.25, 0.3) is 0 Å². The molecule has 2 N–H and O–H groups in total. The third-order valence-corrected chi connectivity index (χ3v) is 4.57. The highest BCUT2D eigenvalue weighted by molar-refractivity contribution is 7.99. The van der Waals surface area contributed by atoms with Crippen molar-refractivity contribution >= 4 is 23.8 Å². The number of hydrogen-bond donors (Lipinski definition) is 2. The Labute approximate surface area is 117 Å². The van der Waals surface area contributed by atoms with Gasteiger partial charge in [0.1, 0.15) is 6.04 Å². The number of aliphatic carboxylic acids is 1. The summed E-state index contributed by atoms with van der Waals surface area (Å²) < 4.78 is 0. The van der Waals surface area contributed by atoms with Crippen LogP contribution in [0.15, 0.2) is 0 Å². The van der Waals surface area contributed by atoms with Gasteiger partial charge in [-0.05, 0) is 38.9 Å². The Hall–Kier alpha value is -0.950. The van der Waals surface area contributed by atoms with Crippen LogP contribution in [0.3, 0.4) is 0 Å². The first-order chi connectivity index (χ1) is 9.18. The van der Waals surface area contributed by atoms with Crippen LogP contribution in [-0.4, -0.2) is 70.8 Å². The van der Waals surface area contributed by atoms with Gasteiger partial charge in [-0.1, -0.05) is 0 Å². The molecule has 2 amide bonds. The Morgan fingerprint density at radius 1 is 1.32 bits per heavy atom. The lowest BCUT2D eigenvalue weighted by Crippen LogP contribution is -2.47. The van der Waals surface area contributed by atoms with Gasteiger partial charge in [-0.25, -0.2) is 9.59 Å². The largest absolute Gasteiger partial charge is 0.480 e. The molecule has 0 radical (unpaired) electrons. The van der Waals surface area contributed by atoms with Crippen molar-refractivity contribution in [1.29, 1.82) is 0 Å². The maximum atomic E-state index is 11.9. The summed E-state index contributed by atoms with van der Waals surface area (Å²) in [5, 5.41) is 11.8. The molecule has 2 rings (SSSR count). The Balaban J connectivity index is 1.64. The van der Waals surface area contributed by atoms with E-state index >= 15 is 0 Å². The van der Waals surface area contributed by atoms with E-state index in [-0.39, 0.29) is 6.03 Å². The number of carboxylic acid groups (broad SMARTS) is 1. The quantitative estimate of drug-likeness (QED) is 0.726. The van der Waals surface area contributed by atoms with Gasteiger partial charge < -0.3 is 20.2 Å². The van der Waals surface area contributed by atoms with E-state index in [2.05, 4.69) is 10.2 Å². The Morgan fingerprint density at radius 2 is 2.05 bits per heavy atom. The molecular formula is C12H21N3O3S. The number of urea groups is 1. The number of likely N-dealkylation sites (tertiary alicyclic amines) is 1. The summed E-state index contributed by atoms with van der Waals surface area (Å²) in [5.41, 5.74) is 0. The van der Waals surface area contributed by atoms with E-state index in [0.29, 0.717) is 18.2 Å². The monoisotopic (exact) mass is 287 g/mol. The summed E-state index contributed by atoms with van der Waals surface area (Å²) >= 11 is 1.48. The maximum absolute atomic E-state index is 11.9. The fourth-order valence-corrected chi connectivity index (χ4v) is 3.60. The summed E-state index contributed by atoms with van der Waals surface area (Å²) in [7, 11) is 0. The normalized spacial score (nSPS) is 23.8. The number of nitrogens with zero attached hydrogens (tertiary/aromatic N) is 2. The molecule has 108 valence electrons. The van der Waals surface area contributed by atoms with Gasteiger partial charge in [0, 0.05) is 12.3 Å². The summed E-state index contributed by atoms with van der Waals surface area (Å²) in [5.74, 6) is 0.0306. The molecule has 2 heterocycles. The van der Waals surface area contributed by atoms with Crippen LogP contribution in [-0.2, 0) is 4.79 Å². The fraction of sp³-hybridized carbons (Fsp3) is 0.833. The number of carboxylic acids is 1. The lowest BCUT2D eigenvalue weighted by Gasteiger charge is -2.21. The first-order valence-corrected chi connectivity index (χ1v) is 7.91.